The third-order valence-corrected chi connectivity index (χ3v) is 3.92. The SMILES string of the molecule is Cc1cncc(C(O)C2CCC(C(F)(F)F)CC2)c1. The Bertz CT molecular complexity index is 425. The predicted molar refractivity (Wildman–Crippen MR) is 65.4 cm³/mol. The summed E-state index contributed by atoms with van der Waals surface area (Å²) < 4.78 is 37.7. The van der Waals surface area contributed by atoms with E-state index in [0.717, 1.165) is 5.56 Å². The molecule has 1 atom stereocenters. The maximum Gasteiger partial charge on any atom is 0.391 e. The Labute approximate surface area is 110 Å². The lowest BCUT2D eigenvalue weighted by molar-refractivity contribution is -0.185. The van der Waals surface area contributed by atoms with Gasteiger partial charge in [-0.2, -0.15) is 13.2 Å². The number of aryl methyl sites for hydroxylation is 1. The Balaban J connectivity index is 1.98. The lowest BCUT2D eigenvalue weighted by Crippen LogP contribution is -2.29. The van der Waals surface area contributed by atoms with Gasteiger partial charge < -0.3 is 5.11 Å². The molecular formula is C14H18F3NO. The number of alkyl halides is 3. The van der Waals surface area contributed by atoms with Crippen molar-refractivity contribution in [3.8, 4) is 0 Å². The molecule has 106 valence electrons. The molecular weight excluding hydrogens is 255 g/mol. The molecule has 0 amide bonds. The topological polar surface area (TPSA) is 33.1 Å². The van der Waals surface area contributed by atoms with Gasteiger partial charge in [0.05, 0.1) is 12.0 Å². The molecule has 0 radical (unpaired) electrons. The molecule has 1 fully saturated rings. The van der Waals surface area contributed by atoms with Gasteiger partial charge in [-0.3, -0.25) is 4.98 Å². The first-order valence-electron chi connectivity index (χ1n) is 6.54. The highest BCUT2D eigenvalue weighted by atomic mass is 19.4. The molecule has 0 saturated heterocycles. The zero-order valence-electron chi connectivity index (χ0n) is 10.8. The summed E-state index contributed by atoms with van der Waals surface area (Å²) in [7, 11) is 0. The monoisotopic (exact) mass is 273 g/mol. The van der Waals surface area contributed by atoms with Crippen LogP contribution in [0.3, 0.4) is 0 Å². The highest BCUT2D eigenvalue weighted by Gasteiger charge is 2.42. The standard InChI is InChI=1S/C14H18F3NO/c1-9-6-11(8-18-7-9)13(19)10-2-4-12(5-3-10)14(15,16)17/h6-8,10,12-13,19H,2-5H2,1H3. The van der Waals surface area contributed by atoms with Crippen LogP contribution in [0.25, 0.3) is 0 Å². The fraction of sp³-hybridized carbons (Fsp3) is 0.643. The molecule has 1 unspecified atom stereocenters. The number of hydrogen-bond donors (Lipinski definition) is 1. The molecule has 1 heterocycles. The minimum Gasteiger partial charge on any atom is -0.388 e. The fourth-order valence-corrected chi connectivity index (χ4v) is 2.77. The van der Waals surface area contributed by atoms with Gasteiger partial charge in [0.25, 0.3) is 0 Å². The van der Waals surface area contributed by atoms with Crippen LogP contribution < -0.4 is 0 Å². The molecule has 0 aromatic carbocycles. The third kappa shape index (κ3) is 3.47. The van der Waals surface area contributed by atoms with Crippen LogP contribution >= 0.6 is 0 Å². The minimum absolute atomic E-state index is 0.0952. The molecule has 1 N–H and O–H groups in total. The molecule has 5 heteroatoms. The van der Waals surface area contributed by atoms with Crippen molar-refractivity contribution in [3.05, 3.63) is 29.6 Å². The average Bonchev–Trinajstić information content (AvgIpc) is 2.37. The first kappa shape index (κ1) is 14.3. The fourth-order valence-electron chi connectivity index (χ4n) is 2.77. The second kappa shape index (κ2) is 5.49. The Morgan fingerprint density at radius 1 is 1.21 bits per heavy atom. The van der Waals surface area contributed by atoms with Crippen molar-refractivity contribution in [3.63, 3.8) is 0 Å². The summed E-state index contributed by atoms with van der Waals surface area (Å²) in [6.45, 7) is 1.88. The summed E-state index contributed by atoms with van der Waals surface area (Å²) in [5.41, 5.74) is 1.65. The van der Waals surface area contributed by atoms with Gasteiger partial charge in [-0.1, -0.05) is 6.07 Å². The van der Waals surface area contributed by atoms with Crippen molar-refractivity contribution in [2.45, 2.75) is 44.9 Å². The first-order chi connectivity index (χ1) is 8.88. The van der Waals surface area contributed by atoms with Gasteiger partial charge in [0.15, 0.2) is 0 Å². The highest BCUT2D eigenvalue weighted by molar-refractivity contribution is 5.19. The van der Waals surface area contributed by atoms with E-state index in [4.69, 9.17) is 0 Å². The van der Waals surface area contributed by atoms with Crippen LogP contribution in [-0.4, -0.2) is 16.3 Å². The van der Waals surface area contributed by atoms with Gasteiger partial charge in [0.2, 0.25) is 0 Å². The summed E-state index contributed by atoms with van der Waals surface area (Å²) in [6, 6.07) is 1.84. The molecule has 0 spiro atoms. The Kier molecular flexibility index (Phi) is 4.13. The van der Waals surface area contributed by atoms with E-state index in [2.05, 4.69) is 4.98 Å². The largest absolute Gasteiger partial charge is 0.391 e. The van der Waals surface area contributed by atoms with Crippen molar-refractivity contribution in [2.75, 3.05) is 0 Å². The van der Waals surface area contributed by atoms with Gasteiger partial charge in [0, 0.05) is 12.4 Å². The normalized spacial score (nSPS) is 26.2. The van der Waals surface area contributed by atoms with E-state index >= 15 is 0 Å². The van der Waals surface area contributed by atoms with Crippen LogP contribution in [0.5, 0.6) is 0 Å². The van der Waals surface area contributed by atoms with E-state index in [1.54, 1.807) is 12.4 Å². The van der Waals surface area contributed by atoms with Crippen molar-refractivity contribution in [1.82, 2.24) is 4.98 Å². The van der Waals surface area contributed by atoms with Crippen molar-refractivity contribution < 1.29 is 18.3 Å². The molecule has 1 aromatic heterocycles. The molecule has 2 nitrogen and oxygen atoms in total. The Morgan fingerprint density at radius 3 is 2.37 bits per heavy atom. The molecule has 1 aliphatic carbocycles. The number of pyridine rings is 1. The van der Waals surface area contributed by atoms with Gasteiger partial charge >= 0.3 is 6.18 Å². The van der Waals surface area contributed by atoms with E-state index in [1.165, 1.54) is 0 Å². The number of nitrogens with zero attached hydrogens (tertiary/aromatic N) is 1. The number of halogens is 3. The molecule has 0 bridgehead atoms. The van der Waals surface area contributed by atoms with E-state index in [9.17, 15) is 18.3 Å². The summed E-state index contributed by atoms with van der Waals surface area (Å²) in [6.07, 6.45) is -0.458. The third-order valence-electron chi connectivity index (χ3n) is 3.92. The molecule has 1 aliphatic rings. The molecule has 19 heavy (non-hydrogen) atoms. The van der Waals surface area contributed by atoms with Gasteiger partial charge in [-0.05, 0) is 49.7 Å². The van der Waals surface area contributed by atoms with E-state index in [1.807, 2.05) is 13.0 Å². The van der Waals surface area contributed by atoms with Gasteiger partial charge in [-0.15, -0.1) is 0 Å². The second-order valence-electron chi connectivity index (χ2n) is 5.39. The van der Waals surface area contributed by atoms with Crippen LogP contribution in [0.15, 0.2) is 18.5 Å². The van der Waals surface area contributed by atoms with Crippen molar-refractivity contribution >= 4 is 0 Å². The predicted octanol–water partition coefficient (Wildman–Crippen LogP) is 3.79. The number of aliphatic hydroxyl groups excluding tert-OH is 1. The molecule has 2 rings (SSSR count). The van der Waals surface area contributed by atoms with E-state index < -0.39 is 18.2 Å². The van der Waals surface area contributed by atoms with E-state index in [0.29, 0.717) is 18.4 Å². The van der Waals surface area contributed by atoms with Crippen LogP contribution in [0, 0.1) is 18.8 Å². The Morgan fingerprint density at radius 2 is 1.84 bits per heavy atom. The molecule has 1 aromatic rings. The number of rotatable bonds is 2. The lowest BCUT2D eigenvalue weighted by Gasteiger charge is -2.32. The molecule has 1 saturated carbocycles. The average molecular weight is 273 g/mol. The van der Waals surface area contributed by atoms with Crippen molar-refractivity contribution in [2.24, 2.45) is 11.8 Å². The maximum absolute atomic E-state index is 12.6. The van der Waals surface area contributed by atoms with Crippen molar-refractivity contribution in [1.29, 1.82) is 0 Å². The van der Waals surface area contributed by atoms with Gasteiger partial charge in [0.1, 0.15) is 0 Å². The van der Waals surface area contributed by atoms with Gasteiger partial charge in [-0.25, -0.2) is 0 Å². The first-order valence-corrected chi connectivity index (χ1v) is 6.54. The number of aliphatic hydroxyl groups is 1. The minimum atomic E-state index is -4.10. The summed E-state index contributed by atoms with van der Waals surface area (Å²) in [5.74, 6) is -1.30. The van der Waals surface area contributed by atoms with Crippen LogP contribution in [0.1, 0.15) is 42.9 Å². The summed E-state index contributed by atoms with van der Waals surface area (Å²) in [4.78, 5) is 4.01. The Hall–Kier alpha value is -1.10. The molecule has 0 aliphatic heterocycles. The second-order valence-corrected chi connectivity index (χ2v) is 5.39. The number of hydrogen-bond acceptors (Lipinski definition) is 2. The van der Waals surface area contributed by atoms with Crippen LogP contribution in [0.4, 0.5) is 13.2 Å². The highest BCUT2D eigenvalue weighted by Crippen LogP contribution is 2.43. The maximum atomic E-state index is 12.6. The van der Waals surface area contributed by atoms with Crippen LogP contribution in [0.2, 0.25) is 0 Å². The van der Waals surface area contributed by atoms with Crippen LogP contribution in [-0.2, 0) is 0 Å². The smallest absolute Gasteiger partial charge is 0.388 e. The zero-order valence-corrected chi connectivity index (χ0v) is 10.8. The quantitative estimate of drug-likeness (QED) is 0.889. The summed E-state index contributed by atoms with van der Waals surface area (Å²) >= 11 is 0. The lowest BCUT2D eigenvalue weighted by atomic mass is 9.77. The number of aromatic nitrogens is 1. The summed E-state index contributed by atoms with van der Waals surface area (Å²) in [5, 5.41) is 10.2. The van der Waals surface area contributed by atoms with E-state index in [-0.39, 0.29) is 18.8 Å². The zero-order chi connectivity index (χ0) is 14.0.